The van der Waals surface area contributed by atoms with Crippen molar-refractivity contribution in [3.8, 4) is 0 Å². The van der Waals surface area contributed by atoms with Gasteiger partial charge in [-0.05, 0) is 25.8 Å². The normalized spacial score (nSPS) is 37.8. The first-order chi connectivity index (χ1) is 5.75. The van der Waals surface area contributed by atoms with Gasteiger partial charge in [-0.3, -0.25) is 0 Å². The molecule has 2 nitrogen and oxygen atoms in total. The molecule has 1 aliphatic rings. The van der Waals surface area contributed by atoms with E-state index in [0.29, 0.717) is 5.92 Å². The van der Waals surface area contributed by atoms with Gasteiger partial charge >= 0.3 is 0 Å². The van der Waals surface area contributed by atoms with Crippen molar-refractivity contribution in [3.05, 3.63) is 0 Å². The molecule has 0 amide bonds. The zero-order valence-electron chi connectivity index (χ0n) is 8.27. The molecule has 2 heteroatoms. The van der Waals surface area contributed by atoms with E-state index >= 15 is 0 Å². The molecule has 0 heterocycles. The molecule has 0 aliphatic heterocycles. The number of hydrogen-bond donors (Lipinski definition) is 2. The lowest BCUT2D eigenvalue weighted by atomic mass is 9.82. The Balaban J connectivity index is 2.66. The highest BCUT2D eigenvalue weighted by Gasteiger charge is 2.34. The number of hydrogen-bond acceptors (Lipinski definition) is 2. The van der Waals surface area contributed by atoms with Crippen LogP contribution in [0.4, 0.5) is 0 Å². The molecule has 0 spiro atoms. The van der Waals surface area contributed by atoms with Gasteiger partial charge in [-0.25, -0.2) is 0 Å². The minimum Gasteiger partial charge on any atom is -0.394 e. The van der Waals surface area contributed by atoms with Crippen LogP contribution in [-0.2, 0) is 0 Å². The van der Waals surface area contributed by atoms with E-state index in [1.807, 2.05) is 7.05 Å². The van der Waals surface area contributed by atoms with Crippen molar-refractivity contribution in [2.24, 2.45) is 5.92 Å². The lowest BCUT2D eigenvalue weighted by molar-refractivity contribution is 0.111. The number of likely N-dealkylation sites (N-methyl/N-ethyl adjacent to an activating group) is 1. The number of aliphatic hydroxyl groups is 1. The lowest BCUT2D eigenvalue weighted by Gasteiger charge is -2.36. The van der Waals surface area contributed by atoms with Crippen molar-refractivity contribution in [3.63, 3.8) is 0 Å². The summed E-state index contributed by atoms with van der Waals surface area (Å²) in [7, 11) is 1.97. The van der Waals surface area contributed by atoms with E-state index in [1.54, 1.807) is 0 Å². The molecule has 0 saturated heterocycles. The van der Waals surface area contributed by atoms with Crippen molar-refractivity contribution >= 4 is 0 Å². The fourth-order valence-corrected chi connectivity index (χ4v) is 2.28. The molecule has 0 bridgehead atoms. The molecule has 72 valence electrons. The van der Waals surface area contributed by atoms with Gasteiger partial charge in [-0.15, -0.1) is 0 Å². The second-order valence-corrected chi connectivity index (χ2v) is 4.06. The predicted octanol–water partition coefficient (Wildman–Crippen LogP) is 1.54. The largest absolute Gasteiger partial charge is 0.394 e. The van der Waals surface area contributed by atoms with Crippen LogP contribution in [0, 0.1) is 5.92 Å². The Labute approximate surface area is 75.4 Å². The van der Waals surface area contributed by atoms with Crippen molar-refractivity contribution in [1.82, 2.24) is 5.32 Å². The van der Waals surface area contributed by atoms with E-state index in [2.05, 4.69) is 12.2 Å². The number of aliphatic hydroxyl groups excluding tert-OH is 1. The van der Waals surface area contributed by atoms with Gasteiger partial charge in [0.25, 0.3) is 0 Å². The second kappa shape index (κ2) is 4.24. The van der Waals surface area contributed by atoms with Crippen LogP contribution >= 0.6 is 0 Å². The maximum absolute atomic E-state index is 9.37. The van der Waals surface area contributed by atoms with E-state index in [1.165, 1.54) is 25.7 Å². The first kappa shape index (κ1) is 10.0. The molecular formula is C10H21NO. The van der Waals surface area contributed by atoms with Crippen LogP contribution in [0.5, 0.6) is 0 Å². The maximum Gasteiger partial charge on any atom is 0.0615 e. The fourth-order valence-electron chi connectivity index (χ4n) is 2.28. The Morgan fingerprint density at radius 2 is 2.17 bits per heavy atom. The Bertz CT molecular complexity index is 132. The molecular weight excluding hydrogens is 150 g/mol. The van der Waals surface area contributed by atoms with E-state index in [-0.39, 0.29) is 12.1 Å². The molecule has 1 saturated carbocycles. The van der Waals surface area contributed by atoms with Gasteiger partial charge < -0.3 is 10.4 Å². The molecule has 2 atom stereocenters. The van der Waals surface area contributed by atoms with Gasteiger partial charge in [0.15, 0.2) is 0 Å². The van der Waals surface area contributed by atoms with Gasteiger partial charge in [-0.1, -0.05) is 26.2 Å². The smallest absolute Gasteiger partial charge is 0.0615 e. The van der Waals surface area contributed by atoms with Gasteiger partial charge in [0, 0.05) is 5.54 Å². The van der Waals surface area contributed by atoms with Crippen molar-refractivity contribution in [1.29, 1.82) is 0 Å². The third kappa shape index (κ3) is 1.80. The SMILES string of the molecule is CNC1(CO)CCCCCC1C. The monoisotopic (exact) mass is 171 g/mol. The van der Waals surface area contributed by atoms with Crippen molar-refractivity contribution in [2.45, 2.75) is 44.6 Å². The molecule has 0 radical (unpaired) electrons. The fraction of sp³-hybridized carbons (Fsp3) is 1.00. The number of rotatable bonds is 2. The maximum atomic E-state index is 9.37. The van der Waals surface area contributed by atoms with Gasteiger partial charge in [0.2, 0.25) is 0 Å². The van der Waals surface area contributed by atoms with Crippen LogP contribution in [-0.4, -0.2) is 24.3 Å². The van der Waals surface area contributed by atoms with Crippen LogP contribution in [0.15, 0.2) is 0 Å². The summed E-state index contributed by atoms with van der Waals surface area (Å²) in [6, 6.07) is 0. The first-order valence-corrected chi connectivity index (χ1v) is 5.05. The van der Waals surface area contributed by atoms with E-state index in [0.717, 1.165) is 6.42 Å². The highest BCUT2D eigenvalue weighted by Crippen LogP contribution is 2.31. The first-order valence-electron chi connectivity index (χ1n) is 5.05. The highest BCUT2D eigenvalue weighted by molar-refractivity contribution is 4.92. The Morgan fingerprint density at radius 3 is 2.75 bits per heavy atom. The summed E-state index contributed by atoms with van der Waals surface area (Å²) in [6.45, 7) is 2.53. The Kier molecular flexibility index (Phi) is 3.53. The minimum atomic E-state index is 0.0104. The van der Waals surface area contributed by atoms with Gasteiger partial charge in [-0.2, -0.15) is 0 Å². The third-order valence-electron chi connectivity index (χ3n) is 3.48. The standard InChI is InChI=1S/C10H21NO/c1-9-6-4-3-5-7-10(9,8-12)11-2/h9,11-12H,3-8H2,1-2H3. The van der Waals surface area contributed by atoms with Gasteiger partial charge in [0.1, 0.15) is 0 Å². The summed E-state index contributed by atoms with van der Waals surface area (Å²) in [5, 5.41) is 12.7. The Morgan fingerprint density at radius 1 is 1.42 bits per heavy atom. The molecule has 0 aromatic carbocycles. The molecule has 1 rings (SSSR count). The Hall–Kier alpha value is -0.0800. The molecule has 2 N–H and O–H groups in total. The quantitative estimate of drug-likeness (QED) is 0.618. The topological polar surface area (TPSA) is 32.3 Å². The lowest BCUT2D eigenvalue weighted by Crippen LogP contribution is -2.51. The van der Waals surface area contributed by atoms with Crippen molar-refractivity contribution < 1.29 is 5.11 Å². The minimum absolute atomic E-state index is 0.0104. The van der Waals surface area contributed by atoms with Crippen LogP contribution in [0.25, 0.3) is 0 Å². The molecule has 0 aromatic heterocycles. The molecule has 2 unspecified atom stereocenters. The van der Waals surface area contributed by atoms with Crippen LogP contribution < -0.4 is 5.32 Å². The zero-order valence-corrected chi connectivity index (χ0v) is 8.27. The van der Waals surface area contributed by atoms with Crippen LogP contribution in [0.3, 0.4) is 0 Å². The summed E-state index contributed by atoms with van der Waals surface area (Å²) in [5.74, 6) is 0.606. The summed E-state index contributed by atoms with van der Waals surface area (Å²) in [6.07, 6.45) is 6.28. The van der Waals surface area contributed by atoms with Crippen LogP contribution in [0.2, 0.25) is 0 Å². The average molecular weight is 171 g/mol. The summed E-state index contributed by atoms with van der Waals surface area (Å²) in [4.78, 5) is 0. The summed E-state index contributed by atoms with van der Waals surface area (Å²) >= 11 is 0. The van der Waals surface area contributed by atoms with Gasteiger partial charge in [0.05, 0.1) is 6.61 Å². The zero-order chi connectivity index (χ0) is 9.03. The van der Waals surface area contributed by atoms with E-state index < -0.39 is 0 Å². The average Bonchev–Trinajstić information content (AvgIpc) is 2.28. The third-order valence-corrected chi connectivity index (χ3v) is 3.48. The highest BCUT2D eigenvalue weighted by atomic mass is 16.3. The molecule has 1 aliphatic carbocycles. The van der Waals surface area contributed by atoms with E-state index in [4.69, 9.17) is 0 Å². The summed E-state index contributed by atoms with van der Waals surface area (Å²) in [5.41, 5.74) is 0.0104. The van der Waals surface area contributed by atoms with Crippen LogP contribution in [0.1, 0.15) is 39.0 Å². The second-order valence-electron chi connectivity index (χ2n) is 4.06. The number of nitrogens with one attached hydrogen (secondary N) is 1. The molecule has 0 aromatic rings. The predicted molar refractivity (Wildman–Crippen MR) is 51.1 cm³/mol. The summed E-state index contributed by atoms with van der Waals surface area (Å²) < 4.78 is 0. The van der Waals surface area contributed by atoms with E-state index in [9.17, 15) is 5.11 Å². The van der Waals surface area contributed by atoms with Crippen molar-refractivity contribution in [2.75, 3.05) is 13.7 Å². The molecule has 1 fully saturated rings. The molecule has 12 heavy (non-hydrogen) atoms.